The smallest absolute Gasteiger partial charge is 0.282 e. The van der Waals surface area contributed by atoms with Crippen LogP contribution in [0.5, 0.6) is 11.6 Å². The molecule has 2 aromatic rings. The molecule has 1 amide bonds. The second-order valence-electron chi connectivity index (χ2n) is 13.6. The number of aromatic nitrogens is 1. The highest BCUT2D eigenvalue weighted by Crippen LogP contribution is 2.48. The summed E-state index contributed by atoms with van der Waals surface area (Å²) < 4.78 is 33.1. The molecule has 0 saturated carbocycles. The Balaban J connectivity index is 1.17. The number of halogens is 1. The van der Waals surface area contributed by atoms with Crippen molar-refractivity contribution < 1.29 is 23.4 Å². The first-order valence-corrected chi connectivity index (χ1v) is 16.7. The summed E-state index contributed by atoms with van der Waals surface area (Å²) in [4.78, 5) is 26.7. The van der Waals surface area contributed by atoms with E-state index in [1.807, 2.05) is 0 Å². The molecule has 0 spiro atoms. The highest BCUT2D eigenvalue weighted by molar-refractivity contribution is 5.91. The highest BCUT2D eigenvalue weighted by Gasteiger charge is 2.47. The zero-order valence-corrected chi connectivity index (χ0v) is 26.3. The average Bonchev–Trinajstić information content (AvgIpc) is 3.66. The van der Waals surface area contributed by atoms with Gasteiger partial charge in [0.2, 0.25) is 5.75 Å². The topological polar surface area (TPSA) is 94.4 Å². The van der Waals surface area contributed by atoms with Crippen molar-refractivity contribution in [1.82, 2.24) is 14.8 Å². The van der Waals surface area contributed by atoms with Gasteiger partial charge in [-0.1, -0.05) is 18.7 Å². The van der Waals surface area contributed by atoms with Crippen molar-refractivity contribution in [2.75, 3.05) is 62.3 Å². The number of hydrogen-bond acceptors (Lipinski definition) is 9. The van der Waals surface area contributed by atoms with Crippen molar-refractivity contribution in [3.05, 3.63) is 53.0 Å². The third kappa shape index (κ3) is 4.88. The zero-order chi connectivity index (χ0) is 31.4. The number of hydrogen-bond donors (Lipinski definition) is 0. The number of nitrogens with zero attached hydrogens (tertiary/aromatic N) is 6. The minimum absolute atomic E-state index is 0.0510. The summed E-state index contributed by atoms with van der Waals surface area (Å²) in [6.07, 6.45) is 6.41. The van der Waals surface area contributed by atoms with Gasteiger partial charge in [0.05, 0.1) is 61.3 Å². The minimum Gasteiger partial charge on any atom is -0.484 e. The average molecular weight is 629 g/mol. The molecular formula is C35H41FN6O4. The maximum atomic E-state index is 14.1. The molecule has 11 heteroatoms. The first-order chi connectivity index (χ1) is 22.5. The van der Waals surface area contributed by atoms with Gasteiger partial charge in [-0.3, -0.25) is 9.69 Å². The van der Waals surface area contributed by atoms with Crippen LogP contribution in [-0.4, -0.2) is 90.9 Å². The fourth-order valence-corrected chi connectivity index (χ4v) is 8.82. The van der Waals surface area contributed by atoms with E-state index in [-0.39, 0.29) is 24.5 Å². The van der Waals surface area contributed by atoms with Crippen molar-refractivity contribution >= 4 is 17.3 Å². The number of ether oxygens (including phenoxy) is 3. The van der Waals surface area contributed by atoms with Crippen molar-refractivity contribution in [3.63, 3.8) is 0 Å². The number of pyridine rings is 1. The van der Waals surface area contributed by atoms with Crippen molar-refractivity contribution in [2.45, 2.75) is 75.7 Å². The SMILES string of the molecule is C=C(F)C(=O)N1CC2COc3c(OCC45CCCN4CCC5)nc4c(c3N2C[C@@H]1CC#N)CCN(c1cccc2c1COCC2)C4. The third-order valence-corrected chi connectivity index (χ3v) is 11.1. The molecule has 242 valence electrons. The van der Waals surface area contributed by atoms with Crippen LogP contribution < -0.4 is 19.3 Å². The van der Waals surface area contributed by atoms with Crippen LogP contribution in [0.15, 0.2) is 30.6 Å². The van der Waals surface area contributed by atoms with Crippen molar-refractivity contribution in [1.29, 1.82) is 5.26 Å². The first-order valence-electron chi connectivity index (χ1n) is 16.7. The molecule has 2 atom stereocenters. The molecule has 3 saturated heterocycles. The Morgan fingerprint density at radius 1 is 1.17 bits per heavy atom. The number of carbonyl (C=O) groups is 1. The van der Waals surface area contributed by atoms with E-state index < -0.39 is 17.8 Å². The Morgan fingerprint density at radius 3 is 2.83 bits per heavy atom. The number of carbonyl (C=O) groups excluding carboxylic acids is 1. The van der Waals surface area contributed by atoms with E-state index in [9.17, 15) is 14.4 Å². The van der Waals surface area contributed by atoms with Gasteiger partial charge >= 0.3 is 0 Å². The number of anilines is 2. The van der Waals surface area contributed by atoms with Crippen LogP contribution >= 0.6 is 0 Å². The van der Waals surface area contributed by atoms with E-state index in [0.717, 1.165) is 68.9 Å². The molecule has 1 unspecified atom stereocenters. The molecule has 1 aromatic carbocycles. The predicted molar refractivity (Wildman–Crippen MR) is 170 cm³/mol. The summed E-state index contributed by atoms with van der Waals surface area (Å²) >= 11 is 0. The molecule has 10 nitrogen and oxygen atoms in total. The van der Waals surface area contributed by atoms with Gasteiger partial charge in [0.25, 0.3) is 11.8 Å². The van der Waals surface area contributed by atoms with Crippen LogP contribution in [0.2, 0.25) is 0 Å². The van der Waals surface area contributed by atoms with E-state index in [2.05, 4.69) is 45.5 Å². The maximum absolute atomic E-state index is 14.1. The van der Waals surface area contributed by atoms with E-state index in [0.29, 0.717) is 44.5 Å². The lowest BCUT2D eigenvalue weighted by molar-refractivity contribution is -0.132. The molecule has 46 heavy (non-hydrogen) atoms. The largest absolute Gasteiger partial charge is 0.484 e. The van der Waals surface area contributed by atoms with E-state index in [4.69, 9.17) is 19.2 Å². The van der Waals surface area contributed by atoms with Gasteiger partial charge in [-0.05, 0) is 63.2 Å². The fraction of sp³-hybridized carbons (Fsp3) is 0.571. The molecule has 0 bridgehead atoms. The summed E-state index contributed by atoms with van der Waals surface area (Å²) in [6, 6.07) is 8.07. The Bertz CT molecular complexity index is 1600. The number of piperazine rings is 1. The van der Waals surface area contributed by atoms with Gasteiger partial charge in [-0.25, -0.2) is 9.37 Å². The number of rotatable bonds is 6. The third-order valence-electron chi connectivity index (χ3n) is 11.1. The van der Waals surface area contributed by atoms with Crippen LogP contribution in [0.3, 0.4) is 0 Å². The van der Waals surface area contributed by atoms with Gasteiger partial charge in [0.1, 0.15) is 13.2 Å². The fourth-order valence-electron chi connectivity index (χ4n) is 8.82. The summed E-state index contributed by atoms with van der Waals surface area (Å²) in [6.45, 7) is 9.80. The molecule has 0 radical (unpaired) electrons. The van der Waals surface area contributed by atoms with Gasteiger partial charge in [-0.2, -0.15) is 5.26 Å². The quantitative estimate of drug-likeness (QED) is 0.442. The lowest BCUT2D eigenvalue weighted by Crippen LogP contribution is -2.63. The second kappa shape index (κ2) is 11.7. The highest BCUT2D eigenvalue weighted by atomic mass is 19.1. The predicted octanol–water partition coefficient (Wildman–Crippen LogP) is 3.90. The number of benzene rings is 1. The first kappa shape index (κ1) is 29.5. The summed E-state index contributed by atoms with van der Waals surface area (Å²) in [5.74, 6) is -0.591. The molecule has 6 aliphatic rings. The van der Waals surface area contributed by atoms with E-state index in [1.165, 1.54) is 34.6 Å². The van der Waals surface area contributed by atoms with E-state index >= 15 is 0 Å². The van der Waals surface area contributed by atoms with Crippen LogP contribution in [0, 0.1) is 11.3 Å². The molecule has 3 fully saturated rings. The standard InChI is InChI=1S/C35H41FN6O4/c1-23(36)34(43)42-18-26-20-45-32-31(41(26)17-25(42)7-12-37)27-8-15-39(30-6-2-5-24-9-16-44-21-28(24)30)19-29(27)38-33(32)46-22-35-10-3-13-40(35)14-4-11-35/h2,5-6,25-26H,1,3-4,7-11,13-22H2/t25-,26?/m0/s1. The number of nitriles is 1. The number of amides is 1. The van der Waals surface area contributed by atoms with Crippen LogP contribution in [0.4, 0.5) is 15.8 Å². The molecule has 0 aliphatic carbocycles. The molecule has 8 rings (SSSR count). The molecular weight excluding hydrogens is 587 g/mol. The number of fused-ring (bicyclic) bond motifs is 7. The second-order valence-corrected chi connectivity index (χ2v) is 13.6. The lowest BCUT2D eigenvalue weighted by Gasteiger charge is -2.50. The normalized spacial score (nSPS) is 24.6. The van der Waals surface area contributed by atoms with Crippen molar-refractivity contribution in [2.24, 2.45) is 0 Å². The molecule has 0 N–H and O–H groups in total. The monoisotopic (exact) mass is 628 g/mol. The Morgan fingerprint density at radius 2 is 2.02 bits per heavy atom. The zero-order valence-electron chi connectivity index (χ0n) is 26.3. The van der Waals surface area contributed by atoms with E-state index in [1.54, 1.807) is 0 Å². The molecule has 7 heterocycles. The Hall–Kier alpha value is -3.88. The van der Waals surface area contributed by atoms with Gasteiger partial charge < -0.3 is 28.9 Å². The Labute approximate surface area is 269 Å². The van der Waals surface area contributed by atoms with Gasteiger partial charge in [0, 0.05) is 36.4 Å². The van der Waals surface area contributed by atoms with Crippen LogP contribution in [0.25, 0.3) is 0 Å². The Kier molecular flexibility index (Phi) is 7.53. The van der Waals surface area contributed by atoms with Crippen LogP contribution in [-0.2, 0) is 35.5 Å². The summed E-state index contributed by atoms with van der Waals surface area (Å²) in [5.41, 5.74) is 6.88. The van der Waals surface area contributed by atoms with Gasteiger partial charge in [-0.15, -0.1) is 0 Å². The summed E-state index contributed by atoms with van der Waals surface area (Å²) in [7, 11) is 0. The molecule has 6 aliphatic heterocycles. The molecule has 1 aromatic heterocycles. The minimum atomic E-state index is -1.01. The van der Waals surface area contributed by atoms with Crippen LogP contribution in [0.1, 0.15) is 54.5 Å². The summed E-state index contributed by atoms with van der Waals surface area (Å²) in [5, 5.41) is 9.66. The maximum Gasteiger partial charge on any atom is 0.282 e. The lowest BCUT2D eigenvalue weighted by atomic mass is 9.94. The van der Waals surface area contributed by atoms with Gasteiger partial charge in [0.15, 0.2) is 5.83 Å². The van der Waals surface area contributed by atoms with Crippen molar-refractivity contribution in [3.8, 4) is 17.7 Å².